The highest BCUT2D eigenvalue weighted by molar-refractivity contribution is 7.89. The molecule has 0 fully saturated rings. The van der Waals surface area contributed by atoms with E-state index in [0.717, 1.165) is 18.3 Å². The van der Waals surface area contributed by atoms with Crippen LogP contribution >= 0.6 is 0 Å². The van der Waals surface area contributed by atoms with Gasteiger partial charge in [0.2, 0.25) is 0 Å². The van der Waals surface area contributed by atoms with Gasteiger partial charge in [-0.1, -0.05) is 18.2 Å². The average molecular weight is 351 g/mol. The van der Waals surface area contributed by atoms with Gasteiger partial charge in [-0.2, -0.15) is 13.5 Å². The number of hydrazone groups is 1. The summed E-state index contributed by atoms with van der Waals surface area (Å²) in [5.74, 6) is -0.526. The first-order valence-electron chi connectivity index (χ1n) is 6.50. The van der Waals surface area contributed by atoms with Crippen LogP contribution in [-0.4, -0.2) is 31.8 Å². The minimum atomic E-state index is -3.88. The molecule has 2 aromatic carbocycles. The molecule has 2 aromatic rings. The molecule has 0 amide bonds. The van der Waals surface area contributed by atoms with Crippen LogP contribution in [0.5, 0.6) is 11.5 Å². The molecule has 2 N–H and O–H groups in total. The summed E-state index contributed by atoms with van der Waals surface area (Å²) in [6, 6.07) is 9.61. The Morgan fingerprint density at radius 3 is 2.54 bits per heavy atom. The summed E-state index contributed by atoms with van der Waals surface area (Å²) < 4.78 is 28.8. The topological polar surface area (TPSA) is 131 Å². The van der Waals surface area contributed by atoms with E-state index in [9.17, 15) is 23.6 Å². The molecular formula is C14H13N3O6S. The van der Waals surface area contributed by atoms with Crippen LogP contribution in [0, 0.1) is 10.1 Å². The summed E-state index contributed by atoms with van der Waals surface area (Å²) in [5.41, 5.74) is -0.408. The minimum absolute atomic E-state index is 0.00277. The lowest BCUT2D eigenvalue weighted by atomic mass is 10.2. The molecule has 0 aliphatic carbocycles. The molecule has 126 valence electrons. The number of non-ortho nitro benzene ring substituents is 1. The Balaban J connectivity index is 2.29. The number of ether oxygens (including phenoxy) is 1. The van der Waals surface area contributed by atoms with E-state index >= 15 is 0 Å². The van der Waals surface area contributed by atoms with E-state index in [1.807, 2.05) is 4.83 Å². The van der Waals surface area contributed by atoms with Crippen molar-refractivity contribution in [3.63, 3.8) is 0 Å². The SMILES string of the molecule is COc1cc([N+](=O)[O-])cc(/C=N/NS(=O)(=O)c2ccccc2)c1O. The van der Waals surface area contributed by atoms with Crippen molar-refractivity contribution in [1.82, 2.24) is 4.83 Å². The van der Waals surface area contributed by atoms with Gasteiger partial charge in [-0.15, -0.1) is 0 Å². The van der Waals surface area contributed by atoms with Crippen molar-refractivity contribution in [2.45, 2.75) is 4.90 Å². The van der Waals surface area contributed by atoms with E-state index in [2.05, 4.69) is 5.10 Å². The van der Waals surface area contributed by atoms with Crippen molar-refractivity contribution in [3.05, 3.63) is 58.1 Å². The van der Waals surface area contributed by atoms with Crippen molar-refractivity contribution >= 4 is 21.9 Å². The second-order valence-corrected chi connectivity index (χ2v) is 6.17. The highest BCUT2D eigenvalue weighted by atomic mass is 32.2. The Morgan fingerprint density at radius 1 is 1.29 bits per heavy atom. The zero-order valence-electron chi connectivity index (χ0n) is 12.4. The van der Waals surface area contributed by atoms with Gasteiger partial charge in [0.15, 0.2) is 11.5 Å². The molecule has 0 spiro atoms. The van der Waals surface area contributed by atoms with Gasteiger partial charge in [0.05, 0.1) is 29.2 Å². The van der Waals surface area contributed by atoms with Crippen LogP contribution in [-0.2, 0) is 10.0 Å². The number of aromatic hydroxyl groups is 1. The monoisotopic (exact) mass is 351 g/mol. The van der Waals surface area contributed by atoms with E-state index in [1.165, 1.54) is 19.2 Å². The van der Waals surface area contributed by atoms with Crippen LogP contribution in [0.25, 0.3) is 0 Å². The lowest BCUT2D eigenvalue weighted by Crippen LogP contribution is -2.18. The van der Waals surface area contributed by atoms with E-state index in [1.54, 1.807) is 18.2 Å². The van der Waals surface area contributed by atoms with Gasteiger partial charge in [-0.05, 0) is 12.1 Å². The number of phenolic OH excluding ortho intramolecular Hbond substituents is 1. The highest BCUT2D eigenvalue weighted by Gasteiger charge is 2.16. The smallest absolute Gasteiger partial charge is 0.276 e. The zero-order chi connectivity index (χ0) is 17.7. The molecule has 0 unspecified atom stereocenters. The number of nitro benzene ring substituents is 1. The molecule has 10 heteroatoms. The summed E-state index contributed by atoms with van der Waals surface area (Å²) in [4.78, 5) is 12.1. The Bertz CT molecular complexity index is 881. The number of methoxy groups -OCH3 is 1. The van der Waals surface area contributed by atoms with Crippen molar-refractivity contribution in [2.24, 2.45) is 5.10 Å². The fraction of sp³-hybridized carbons (Fsp3) is 0.0714. The molecule has 0 heterocycles. The van der Waals surface area contributed by atoms with Crippen molar-refractivity contribution in [3.8, 4) is 11.5 Å². The number of rotatable bonds is 6. The summed E-state index contributed by atoms with van der Waals surface area (Å²) in [6.07, 6.45) is 0.950. The Hall–Kier alpha value is -3.14. The maximum atomic E-state index is 12.0. The first-order chi connectivity index (χ1) is 11.3. The summed E-state index contributed by atoms with van der Waals surface area (Å²) in [6.45, 7) is 0. The molecule has 0 bridgehead atoms. The van der Waals surface area contributed by atoms with Crippen LogP contribution in [0.15, 0.2) is 52.5 Å². The third-order valence-corrected chi connectivity index (χ3v) is 4.19. The number of phenols is 1. The standard InChI is InChI=1S/C14H13N3O6S/c1-23-13-8-11(17(19)20)7-10(14(13)18)9-15-16-24(21,22)12-5-3-2-4-6-12/h2-9,16,18H,1H3/b15-9+. The van der Waals surface area contributed by atoms with Gasteiger partial charge < -0.3 is 9.84 Å². The van der Waals surface area contributed by atoms with Crippen molar-refractivity contribution < 1.29 is 23.2 Å². The van der Waals surface area contributed by atoms with Crippen molar-refractivity contribution in [1.29, 1.82) is 0 Å². The molecular weight excluding hydrogens is 338 g/mol. The normalized spacial score (nSPS) is 11.4. The van der Waals surface area contributed by atoms with Crippen molar-refractivity contribution in [2.75, 3.05) is 7.11 Å². The lowest BCUT2D eigenvalue weighted by Gasteiger charge is -2.06. The third kappa shape index (κ3) is 3.79. The van der Waals surface area contributed by atoms with Crippen LogP contribution in [0.3, 0.4) is 0 Å². The number of nitrogens with zero attached hydrogens (tertiary/aromatic N) is 2. The zero-order valence-corrected chi connectivity index (χ0v) is 13.2. The summed E-state index contributed by atoms with van der Waals surface area (Å²) in [7, 11) is -2.65. The second kappa shape index (κ2) is 6.96. The fourth-order valence-corrected chi connectivity index (χ4v) is 2.60. The Morgan fingerprint density at radius 2 is 1.96 bits per heavy atom. The molecule has 0 radical (unpaired) electrons. The average Bonchev–Trinajstić information content (AvgIpc) is 2.57. The molecule has 9 nitrogen and oxygen atoms in total. The molecule has 0 saturated carbocycles. The number of hydrogen-bond donors (Lipinski definition) is 2. The Kier molecular flexibility index (Phi) is 4.99. The predicted octanol–water partition coefficient (Wildman–Crippen LogP) is 1.62. The van der Waals surface area contributed by atoms with Crippen LogP contribution < -0.4 is 9.57 Å². The molecule has 0 aliphatic heterocycles. The highest BCUT2D eigenvalue weighted by Crippen LogP contribution is 2.33. The first-order valence-corrected chi connectivity index (χ1v) is 7.99. The molecule has 2 rings (SSSR count). The largest absolute Gasteiger partial charge is 0.504 e. The quantitative estimate of drug-likeness (QED) is 0.462. The van der Waals surface area contributed by atoms with Crippen LogP contribution in [0.2, 0.25) is 0 Å². The van der Waals surface area contributed by atoms with Gasteiger partial charge in [0.25, 0.3) is 15.7 Å². The van der Waals surface area contributed by atoms with Gasteiger partial charge in [0, 0.05) is 11.6 Å². The van der Waals surface area contributed by atoms with Crippen LogP contribution in [0.1, 0.15) is 5.56 Å². The van der Waals surface area contributed by atoms with E-state index in [4.69, 9.17) is 4.74 Å². The van der Waals surface area contributed by atoms with Gasteiger partial charge in [-0.3, -0.25) is 10.1 Å². The molecule has 0 saturated heterocycles. The maximum Gasteiger partial charge on any atom is 0.276 e. The number of sulfonamides is 1. The summed E-state index contributed by atoms with van der Waals surface area (Å²) >= 11 is 0. The third-order valence-electron chi connectivity index (χ3n) is 2.95. The lowest BCUT2D eigenvalue weighted by molar-refractivity contribution is -0.385. The maximum absolute atomic E-state index is 12.0. The first kappa shape index (κ1) is 17.2. The van der Waals surface area contributed by atoms with E-state index in [0.29, 0.717) is 0 Å². The number of nitrogens with one attached hydrogen (secondary N) is 1. The molecule has 0 atom stereocenters. The van der Waals surface area contributed by atoms with Crippen LogP contribution in [0.4, 0.5) is 5.69 Å². The molecule has 0 aliphatic rings. The van der Waals surface area contributed by atoms with Gasteiger partial charge in [0.1, 0.15) is 0 Å². The summed E-state index contributed by atoms with van der Waals surface area (Å²) in [5, 5.41) is 24.3. The molecule has 0 aromatic heterocycles. The minimum Gasteiger partial charge on any atom is -0.504 e. The second-order valence-electron chi connectivity index (χ2n) is 4.51. The fourth-order valence-electron chi connectivity index (χ4n) is 1.79. The van der Waals surface area contributed by atoms with Gasteiger partial charge in [-0.25, -0.2) is 4.83 Å². The van der Waals surface area contributed by atoms with E-state index < -0.39 is 20.7 Å². The number of benzene rings is 2. The van der Waals surface area contributed by atoms with Gasteiger partial charge >= 0.3 is 0 Å². The number of nitro groups is 1. The predicted molar refractivity (Wildman–Crippen MR) is 85.7 cm³/mol. The van der Waals surface area contributed by atoms with E-state index in [-0.39, 0.29) is 21.9 Å². The Labute approximate surface area is 137 Å². The molecule has 24 heavy (non-hydrogen) atoms. The number of hydrogen-bond acceptors (Lipinski definition) is 7.